The van der Waals surface area contributed by atoms with Gasteiger partial charge < -0.3 is 18.7 Å². The Bertz CT molecular complexity index is 3320. The maximum absolute atomic E-state index is 6.93. The number of para-hydroxylation sites is 4. The molecule has 0 amide bonds. The SMILES string of the molecule is c1ccc(C2N=C(c3cccc4c3oc3c(-c5ccc6c(c5)oc5ccc(-n7c8ccccc8c8ccccc87)cc56)cccc34)NC(c3ccccc3)N2)cc1. The van der Waals surface area contributed by atoms with Gasteiger partial charge in [0.15, 0.2) is 0 Å². The number of benzene rings is 8. The first-order chi connectivity index (χ1) is 28.2. The number of hydrogen-bond acceptors (Lipinski definition) is 5. The molecule has 2 unspecified atom stereocenters. The van der Waals surface area contributed by atoms with Gasteiger partial charge in [0.05, 0.1) is 16.6 Å². The van der Waals surface area contributed by atoms with Crippen molar-refractivity contribution in [3.63, 3.8) is 0 Å². The standard InChI is InChI=1S/C51H34N4O2/c1-3-13-31(14-4-1)49-52-50(32-15-5-2-6-16-32)54-51(53-49)41-22-12-21-40-39-20-11-19-35(47(39)57-48(40)41)33-25-27-38-42-30-34(26-28-45(42)56-46(38)29-33)55-43-23-9-7-17-36(43)37-18-8-10-24-44(37)55/h1-30,49-50,52H,(H,53,54). The highest BCUT2D eigenvalue weighted by molar-refractivity contribution is 6.17. The topological polar surface area (TPSA) is 67.6 Å². The molecule has 1 aliphatic heterocycles. The van der Waals surface area contributed by atoms with Crippen LogP contribution in [0.5, 0.6) is 0 Å². The predicted octanol–water partition coefficient (Wildman–Crippen LogP) is 12.6. The van der Waals surface area contributed by atoms with Crippen molar-refractivity contribution in [3.05, 3.63) is 199 Å². The van der Waals surface area contributed by atoms with Crippen LogP contribution in [0.1, 0.15) is 29.0 Å². The summed E-state index contributed by atoms with van der Waals surface area (Å²) in [6, 6.07) is 63.7. The first kappa shape index (κ1) is 31.9. The molecule has 0 spiro atoms. The van der Waals surface area contributed by atoms with Gasteiger partial charge in [-0.3, -0.25) is 5.32 Å². The van der Waals surface area contributed by atoms with Crippen molar-refractivity contribution < 1.29 is 8.83 Å². The van der Waals surface area contributed by atoms with Gasteiger partial charge >= 0.3 is 0 Å². The number of hydrogen-bond donors (Lipinski definition) is 2. The number of rotatable bonds is 5. The van der Waals surface area contributed by atoms with Crippen molar-refractivity contribution in [3.8, 4) is 16.8 Å². The lowest BCUT2D eigenvalue weighted by Gasteiger charge is -2.32. The smallest absolute Gasteiger partial charge is 0.146 e. The summed E-state index contributed by atoms with van der Waals surface area (Å²) >= 11 is 0. The fourth-order valence-corrected chi connectivity index (χ4v) is 8.82. The lowest BCUT2D eigenvalue weighted by molar-refractivity contribution is 0.409. The van der Waals surface area contributed by atoms with Crippen molar-refractivity contribution in [1.29, 1.82) is 0 Å². The first-order valence-corrected chi connectivity index (χ1v) is 19.4. The largest absolute Gasteiger partial charge is 0.456 e. The van der Waals surface area contributed by atoms with E-state index in [1.807, 2.05) is 12.1 Å². The maximum Gasteiger partial charge on any atom is 0.146 e. The van der Waals surface area contributed by atoms with Crippen LogP contribution in [-0.2, 0) is 0 Å². The highest BCUT2D eigenvalue weighted by atomic mass is 16.3. The van der Waals surface area contributed by atoms with Gasteiger partial charge in [-0.1, -0.05) is 133 Å². The molecular formula is C51H34N4O2. The van der Waals surface area contributed by atoms with Crippen LogP contribution in [0.4, 0.5) is 0 Å². The minimum absolute atomic E-state index is 0.146. The molecule has 0 aliphatic carbocycles. The molecule has 3 aromatic heterocycles. The lowest BCUT2D eigenvalue weighted by Crippen LogP contribution is -2.45. The molecule has 0 fully saturated rings. The molecule has 8 aromatic carbocycles. The monoisotopic (exact) mass is 734 g/mol. The van der Waals surface area contributed by atoms with E-state index in [1.165, 1.54) is 21.8 Å². The summed E-state index contributed by atoms with van der Waals surface area (Å²) in [5, 5.41) is 14.1. The van der Waals surface area contributed by atoms with E-state index in [4.69, 9.17) is 13.8 Å². The fraction of sp³-hybridized carbons (Fsp3) is 0.0392. The minimum Gasteiger partial charge on any atom is -0.456 e. The summed E-state index contributed by atoms with van der Waals surface area (Å²) < 4.78 is 15.8. The van der Waals surface area contributed by atoms with Crippen LogP contribution in [0, 0.1) is 0 Å². The minimum atomic E-state index is -0.239. The molecule has 2 atom stereocenters. The van der Waals surface area contributed by atoms with E-state index in [0.717, 1.165) is 83.2 Å². The third kappa shape index (κ3) is 5.04. The van der Waals surface area contributed by atoms with E-state index in [9.17, 15) is 0 Å². The second-order valence-electron chi connectivity index (χ2n) is 14.8. The molecule has 6 nitrogen and oxygen atoms in total. The maximum atomic E-state index is 6.93. The zero-order chi connectivity index (χ0) is 37.5. The van der Waals surface area contributed by atoms with Crippen molar-refractivity contribution in [2.45, 2.75) is 12.3 Å². The summed E-state index contributed by atoms with van der Waals surface area (Å²) in [6.45, 7) is 0. The molecule has 57 heavy (non-hydrogen) atoms. The van der Waals surface area contributed by atoms with E-state index < -0.39 is 0 Å². The fourth-order valence-electron chi connectivity index (χ4n) is 8.82. The third-order valence-corrected chi connectivity index (χ3v) is 11.5. The molecule has 0 bridgehead atoms. The predicted molar refractivity (Wildman–Crippen MR) is 232 cm³/mol. The van der Waals surface area contributed by atoms with Crippen molar-refractivity contribution >= 4 is 71.5 Å². The molecule has 6 heteroatoms. The average molecular weight is 735 g/mol. The normalized spacial score (nSPS) is 15.9. The van der Waals surface area contributed by atoms with Crippen molar-refractivity contribution in [1.82, 2.24) is 15.2 Å². The Morgan fingerprint density at radius 2 is 1.09 bits per heavy atom. The van der Waals surface area contributed by atoms with Gasteiger partial charge in [-0.2, -0.15) is 0 Å². The lowest BCUT2D eigenvalue weighted by atomic mass is 10.0. The molecule has 12 rings (SSSR count). The number of furan rings is 2. The zero-order valence-corrected chi connectivity index (χ0v) is 30.7. The Balaban J connectivity index is 0.967. The number of aromatic nitrogens is 1. The number of nitrogens with zero attached hydrogens (tertiary/aromatic N) is 2. The van der Waals surface area contributed by atoms with Gasteiger partial charge in [0, 0.05) is 43.6 Å². The van der Waals surface area contributed by atoms with Crippen LogP contribution in [0.2, 0.25) is 0 Å². The Labute approximate surface area is 327 Å². The molecule has 2 N–H and O–H groups in total. The molecule has 270 valence electrons. The Hall–Kier alpha value is -7.41. The van der Waals surface area contributed by atoms with E-state index in [-0.39, 0.29) is 12.3 Å². The second kappa shape index (κ2) is 12.6. The highest BCUT2D eigenvalue weighted by Gasteiger charge is 2.27. The summed E-state index contributed by atoms with van der Waals surface area (Å²) in [5.74, 6) is 0.784. The first-order valence-electron chi connectivity index (χ1n) is 19.4. The van der Waals surface area contributed by atoms with Gasteiger partial charge in [-0.15, -0.1) is 0 Å². The quantitative estimate of drug-likeness (QED) is 0.185. The van der Waals surface area contributed by atoms with Gasteiger partial charge in [0.2, 0.25) is 0 Å². The summed E-state index contributed by atoms with van der Waals surface area (Å²) in [7, 11) is 0. The Morgan fingerprint density at radius 3 is 1.82 bits per heavy atom. The van der Waals surface area contributed by atoms with E-state index >= 15 is 0 Å². The van der Waals surface area contributed by atoms with Gasteiger partial charge in [-0.05, 0) is 65.2 Å². The Morgan fingerprint density at radius 1 is 0.456 bits per heavy atom. The number of fused-ring (bicyclic) bond motifs is 9. The summed E-state index contributed by atoms with van der Waals surface area (Å²) in [5.41, 5.74) is 12.0. The van der Waals surface area contributed by atoms with Crippen molar-refractivity contribution in [2.75, 3.05) is 0 Å². The average Bonchev–Trinajstić information content (AvgIpc) is 3.96. The molecule has 4 heterocycles. The summed E-state index contributed by atoms with van der Waals surface area (Å²) in [6.07, 6.45) is -0.385. The zero-order valence-electron chi connectivity index (χ0n) is 30.7. The number of nitrogens with one attached hydrogen (secondary N) is 2. The van der Waals surface area contributed by atoms with Crippen LogP contribution in [0.25, 0.3) is 82.5 Å². The van der Waals surface area contributed by atoms with Gasteiger partial charge in [0.25, 0.3) is 0 Å². The van der Waals surface area contributed by atoms with Crippen LogP contribution in [0.3, 0.4) is 0 Å². The highest BCUT2D eigenvalue weighted by Crippen LogP contribution is 2.41. The van der Waals surface area contributed by atoms with Crippen LogP contribution < -0.4 is 10.6 Å². The van der Waals surface area contributed by atoms with E-state index in [0.29, 0.717) is 0 Å². The molecular weight excluding hydrogens is 701 g/mol. The summed E-state index contributed by atoms with van der Waals surface area (Å²) in [4.78, 5) is 5.23. The Kier molecular flexibility index (Phi) is 7.03. The third-order valence-electron chi connectivity index (χ3n) is 11.5. The van der Waals surface area contributed by atoms with E-state index in [1.54, 1.807) is 0 Å². The number of amidine groups is 1. The molecule has 0 saturated carbocycles. The molecule has 0 saturated heterocycles. The molecule has 1 aliphatic rings. The van der Waals surface area contributed by atoms with Crippen LogP contribution in [-0.4, -0.2) is 10.4 Å². The molecule has 11 aromatic rings. The van der Waals surface area contributed by atoms with E-state index in [2.05, 4.69) is 185 Å². The van der Waals surface area contributed by atoms with Crippen molar-refractivity contribution in [2.24, 2.45) is 4.99 Å². The van der Waals surface area contributed by atoms with Gasteiger partial charge in [-0.25, -0.2) is 4.99 Å². The number of aliphatic imine (C=N–C) groups is 1. The van der Waals surface area contributed by atoms with Crippen LogP contribution in [0.15, 0.2) is 196 Å². The second-order valence-corrected chi connectivity index (χ2v) is 14.8. The molecule has 0 radical (unpaired) electrons. The van der Waals surface area contributed by atoms with Crippen LogP contribution >= 0.6 is 0 Å². The van der Waals surface area contributed by atoms with Gasteiger partial charge in [0.1, 0.15) is 40.5 Å².